The fourth-order valence-corrected chi connectivity index (χ4v) is 2.94. The Labute approximate surface area is 167 Å². The number of carbonyl (C=O) groups excluding carboxylic acids is 2. The summed E-state index contributed by atoms with van der Waals surface area (Å²) in [6, 6.07) is 14.7. The molecule has 0 aliphatic rings. The molecule has 8 nitrogen and oxygen atoms in total. The van der Waals surface area contributed by atoms with Gasteiger partial charge in [0, 0.05) is 11.1 Å². The zero-order chi connectivity index (χ0) is 20.8. The normalized spacial score (nSPS) is 11.1. The SMILES string of the molecule is CCOC(=O)Cn1c(O)c(N=NC(=O)CNc2cccc(C)c2)c2ccccc21. The molecule has 0 saturated heterocycles. The van der Waals surface area contributed by atoms with E-state index in [-0.39, 0.29) is 31.3 Å². The van der Waals surface area contributed by atoms with Gasteiger partial charge in [-0.2, -0.15) is 0 Å². The molecule has 0 bridgehead atoms. The number of ether oxygens (including phenoxy) is 1. The van der Waals surface area contributed by atoms with Crippen LogP contribution in [-0.4, -0.2) is 34.7 Å². The lowest BCUT2D eigenvalue weighted by molar-refractivity contribution is -0.143. The van der Waals surface area contributed by atoms with Gasteiger partial charge in [-0.05, 0) is 37.6 Å². The number of anilines is 1. The van der Waals surface area contributed by atoms with Crippen LogP contribution in [0.5, 0.6) is 5.88 Å². The predicted octanol–water partition coefficient (Wildman–Crippen LogP) is 3.94. The highest BCUT2D eigenvalue weighted by Gasteiger charge is 2.19. The van der Waals surface area contributed by atoms with Crippen LogP contribution in [0.2, 0.25) is 0 Å². The fourth-order valence-electron chi connectivity index (χ4n) is 2.94. The zero-order valence-electron chi connectivity index (χ0n) is 16.3. The number of nitrogens with one attached hydrogen (secondary N) is 1. The van der Waals surface area contributed by atoms with Crippen molar-refractivity contribution in [2.24, 2.45) is 10.2 Å². The lowest BCUT2D eigenvalue weighted by Crippen LogP contribution is -2.12. The molecule has 0 fully saturated rings. The Bertz CT molecular complexity index is 1070. The molecule has 0 aliphatic heterocycles. The van der Waals surface area contributed by atoms with Gasteiger partial charge in [0.25, 0.3) is 5.91 Å². The van der Waals surface area contributed by atoms with Crippen molar-refractivity contribution in [3.63, 3.8) is 0 Å². The van der Waals surface area contributed by atoms with Gasteiger partial charge in [0.1, 0.15) is 6.54 Å². The summed E-state index contributed by atoms with van der Waals surface area (Å²) >= 11 is 0. The molecule has 0 atom stereocenters. The number of para-hydroxylation sites is 1. The van der Waals surface area contributed by atoms with E-state index in [4.69, 9.17) is 4.74 Å². The minimum absolute atomic E-state index is 0.0326. The highest BCUT2D eigenvalue weighted by molar-refractivity contribution is 5.96. The molecule has 3 aromatic rings. The summed E-state index contributed by atoms with van der Waals surface area (Å²) in [6.45, 7) is 3.71. The summed E-state index contributed by atoms with van der Waals surface area (Å²) in [6.07, 6.45) is 0. The molecule has 0 radical (unpaired) electrons. The number of nitrogens with zero attached hydrogens (tertiary/aromatic N) is 3. The summed E-state index contributed by atoms with van der Waals surface area (Å²) in [5.74, 6) is -1.22. The molecule has 1 amide bonds. The summed E-state index contributed by atoms with van der Waals surface area (Å²) in [4.78, 5) is 24.0. The number of rotatable bonds is 7. The van der Waals surface area contributed by atoms with Crippen molar-refractivity contribution >= 4 is 34.2 Å². The Morgan fingerprint density at radius 3 is 2.72 bits per heavy atom. The van der Waals surface area contributed by atoms with Crippen LogP contribution in [-0.2, 0) is 20.9 Å². The van der Waals surface area contributed by atoms with Gasteiger partial charge in [-0.1, -0.05) is 30.3 Å². The Morgan fingerprint density at radius 1 is 1.17 bits per heavy atom. The van der Waals surface area contributed by atoms with Gasteiger partial charge in [-0.15, -0.1) is 10.2 Å². The number of aromatic nitrogens is 1. The Kier molecular flexibility index (Phi) is 6.23. The number of azo groups is 1. The molecule has 29 heavy (non-hydrogen) atoms. The number of fused-ring (bicyclic) bond motifs is 1. The Balaban J connectivity index is 1.79. The topological polar surface area (TPSA) is 105 Å². The minimum atomic E-state index is -0.492. The smallest absolute Gasteiger partial charge is 0.326 e. The molecule has 2 N–H and O–H groups in total. The molecule has 3 rings (SSSR count). The number of hydrogen-bond acceptors (Lipinski definition) is 6. The maximum absolute atomic E-state index is 12.1. The van der Waals surface area contributed by atoms with Crippen LogP contribution in [0, 0.1) is 6.92 Å². The molecular weight excluding hydrogens is 372 g/mol. The van der Waals surface area contributed by atoms with Crippen LogP contribution in [0.15, 0.2) is 58.8 Å². The summed E-state index contributed by atoms with van der Waals surface area (Å²) in [5, 5.41) is 21.8. The standard InChI is InChI=1S/C21H22N4O4/c1-3-29-19(27)13-25-17-10-5-4-9-16(17)20(21(25)28)24-23-18(26)12-22-15-8-6-7-14(2)11-15/h4-11,22,28H,3,12-13H2,1-2H3. The molecular formula is C21H22N4O4. The first-order valence-corrected chi connectivity index (χ1v) is 9.20. The van der Waals surface area contributed by atoms with Gasteiger partial charge in [-0.25, -0.2) is 0 Å². The molecule has 0 saturated carbocycles. The second kappa shape index (κ2) is 9.01. The van der Waals surface area contributed by atoms with Gasteiger partial charge in [0.05, 0.1) is 18.7 Å². The maximum Gasteiger partial charge on any atom is 0.326 e. The third-order valence-electron chi connectivity index (χ3n) is 4.23. The Hall–Kier alpha value is -3.68. The molecule has 2 aromatic carbocycles. The third-order valence-corrected chi connectivity index (χ3v) is 4.23. The van der Waals surface area contributed by atoms with E-state index < -0.39 is 11.9 Å². The van der Waals surface area contributed by atoms with E-state index in [1.165, 1.54) is 4.57 Å². The van der Waals surface area contributed by atoms with Crippen LogP contribution in [0.3, 0.4) is 0 Å². The number of carbonyl (C=O) groups is 2. The second-order valence-corrected chi connectivity index (χ2v) is 6.40. The minimum Gasteiger partial charge on any atom is -0.493 e. The maximum atomic E-state index is 12.1. The highest BCUT2D eigenvalue weighted by atomic mass is 16.5. The molecule has 1 aromatic heterocycles. The van der Waals surface area contributed by atoms with E-state index in [1.807, 2.05) is 31.2 Å². The molecule has 0 unspecified atom stereocenters. The number of esters is 1. The van der Waals surface area contributed by atoms with Crippen molar-refractivity contribution in [2.75, 3.05) is 18.5 Å². The second-order valence-electron chi connectivity index (χ2n) is 6.40. The number of hydrogen-bond donors (Lipinski definition) is 2. The van der Waals surface area contributed by atoms with Gasteiger partial charge in [-0.3, -0.25) is 14.2 Å². The average molecular weight is 394 g/mol. The van der Waals surface area contributed by atoms with E-state index in [0.29, 0.717) is 10.9 Å². The number of aryl methyl sites for hydroxylation is 1. The summed E-state index contributed by atoms with van der Waals surface area (Å²) in [7, 11) is 0. The quantitative estimate of drug-likeness (QED) is 0.466. The van der Waals surface area contributed by atoms with Gasteiger partial charge in [0.15, 0.2) is 5.69 Å². The van der Waals surface area contributed by atoms with Crippen LogP contribution < -0.4 is 5.32 Å². The van der Waals surface area contributed by atoms with Crippen molar-refractivity contribution in [3.8, 4) is 5.88 Å². The monoisotopic (exact) mass is 394 g/mol. The first-order chi connectivity index (χ1) is 14.0. The molecule has 8 heteroatoms. The van der Waals surface area contributed by atoms with Gasteiger partial charge >= 0.3 is 5.97 Å². The van der Waals surface area contributed by atoms with Crippen LogP contribution in [0.4, 0.5) is 11.4 Å². The van der Waals surface area contributed by atoms with Crippen LogP contribution in [0.1, 0.15) is 12.5 Å². The lowest BCUT2D eigenvalue weighted by Gasteiger charge is -2.06. The molecule has 0 aliphatic carbocycles. The van der Waals surface area contributed by atoms with E-state index in [9.17, 15) is 14.7 Å². The highest BCUT2D eigenvalue weighted by Crippen LogP contribution is 2.38. The molecule has 1 heterocycles. The van der Waals surface area contributed by atoms with Gasteiger partial charge < -0.3 is 15.2 Å². The number of amides is 1. The zero-order valence-corrected chi connectivity index (χ0v) is 16.3. The summed E-state index contributed by atoms with van der Waals surface area (Å²) in [5.41, 5.74) is 2.61. The first kappa shape index (κ1) is 20.1. The van der Waals surface area contributed by atoms with Crippen molar-refractivity contribution in [1.29, 1.82) is 0 Å². The average Bonchev–Trinajstić information content (AvgIpc) is 2.96. The first-order valence-electron chi connectivity index (χ1n) is 9.20. The van der Waals surface area contributed by atoms with Crippen LogP contribution in [0.25, 0.3) is 10.9 Å². The van der Waals surface area contributed by atoms with Crippen molar-refractivity contribution in [1.82, 2.24) is 4.57 Å². The third kappa shape index (κ3) is 4.78. The van der Waals surface area contributed by atoms with E-state index in [0.717, 1.165) is 11.3 Å². The predicted molar refractivity (Wildman–Crippen MR) is 109 cm³/mol. The number of aromatic hydroxyl groups is 1. The van der Waals surface area contributed by atoms with Crippen molar-refractivity contribution in [2.45, 2.75) is 20.4 Å². The Morgan fingerprint density at radius 2 is 1.97 bits per heavy atom. The largest absolute Gasteiger partial charge is 0.493 e. The molecule has 150 valence electrons. The summed E-state index contributed by atoms with van der Waals surface area (Å²) < 4.78 is 6.34. The fraction of sp³-hybridized carbons (Fsp3) is 0.238. The van der Waals surface area contributed by atoms with E-state index >= 15 is 0 Å². The van der Waals surface area contributed by atoms with E-state index in [2.05, 4.69) is 15.5 Å². The lowest BCUT2D eigenvalue weighted by atomic mass is 10.2. The van der Waals surface area contributed by atoms with Crippen molar-refractivity contribution < 1.29 is 19.4 Å². The number of benzene rings is 2. The van der Waals surface area contributed by atoms with Crippen molar-refractivity contribution in [3.05, 3.63) is 54.1 Å². The van der Waals surface area contributed by atoms with Crippen LogP contribution >= 0.6 is 0 Å². The molecule has 0 spiro atoms. The van der Waals surface area contributed by atoms with E-state index in [1.54, 1.807) is 31.2 Å². The van der Waals surface area contributed by atoms with Gasteiger partial charge in [0.2, 0.25) is 5.88 Å².